The van der Waals surface area contributed by atoms with Gasteiger partial charge in [-0.3, -0.25) is 24.0 Å². The van der Waals surface area contributed by atoms with Gasteiger partial charge in [0, 0.05) is 69.9 Å². The molecule has 3 N–H and O–H groups in total. The van der Waals surface area contributed by atoms with E-state index < -0.39 is 0 Å². The topological polar surface area (TPSA) is 154 Å². The number of nitrogens with one attached hydrogen (secondary N) is 3. The lowest BCUT2D eigenvalue weighted by Gasteiger charge is -2.31. The SMILES string of the molecule is CNC(=O)c1nnc(NC(=O)C2CC2)cc1Nc1cccc2c1N(C)Cc1c-2cnn1C1CCN(Cc2cccc(C(=O)N3CCCC3)n2)C1. The Morgan fingerprint density at radius 1 is 0.940 bits per heavy atom. The van der Waals surface area contributed by atoms with Crippen molar-refractivity contribution < 1.29 is 14.4 Å². The summed E-state index contributed by atoms with van der Waals surface area (Å²) in [4.78, 5) is 49.3. The molecule has 1 aliphatic carbocycles. The number of nitrogens with zero attached hydrogens (tertiary/aromatic N) is 8. The zero-order valence-electron chi connectivity index (χ0n) is 28.4. The highest BCUT2D eigenvalue weighted by atomic mass is 16.2. The van der Waals surface area contributed by atoms with Crippen LogP contribution in [-0.2, 0) is 17.9 Å². The number of hydrogen-bond acceptors (Lipinski definition) is 10. The molecule has 3 aromatic heterocycles. The van der Waals surface area contributed by atoms with Gasteiger partial charge in [0.15, 0.2) is 11.5 Å². The number of rotatable bonds is 9. The maximum atomic E-state index is 12.9. The van der Waals surface area contributed by atoms with Crippen molar-refractivity contribution in [3.8, 4) is 11.1 Å². The first kappa shape index (κ1) is 31.9. The molecule has 4 aliphatic rings. The summed E-state index contributed by atoms with van der Waals surface area (Å²) in [5.41, 5.74) is 7.06. The molecule has 50 heavy (non-hydrogen) atoms. The molecule has 1 saturated carbocycles. The van der Waals surface area contributed by atoms with Crippen molar-refractivity contribution >= 4 is 40.6 Å². The smallest absolute Gasteiger partial charge is 0.273 e. The minimum Gasteiger partial charge on any atom is -0.366 e. The van der Waals surface area contributed by atoms with Gasteiger partial charge in [-0.25, -0.2) is 4.98 Å². The number of anilines is 4. The average molecular weight is 676 g/mol. The highest BCUT2D eigenvalue weighted by Gasteiger charge is 2.33. The maximum Gasteiger partial charge on any atom is 0.273 e. The normalized spacial score (nSPS) is 18.5. The summed E-state index contributed by atoms with van der Waals surface area (Å²) in [6, 6.07) is 13.7. The first-order valence-corrected chi connectivity index (χ1v) is 17.4. The Morgan fingerprint density at radius 2 is 1.76 bits per heavy atom. The zero-order valence-corrected chi connectivity index (χ0v) is 28.4. The highest BCUT2D eigenvalue weighted by molar-refractivity contribution is 6.01. The summed E-state index contributed by atoms with van der Waals surface area (Å²) in [5, 5.41) is 22.1. The fraction of sp³-hybridized carbons (Fsp3) is 0.417. The molecule has 0 radical (unpaired) electrons. The van der Waals surface area contributed by atoms with Crippen molar-refractivity contribution in [3.63, 3.8) is 0 Å². The second-order valence-electron chi connectivity index (χ2n) is 13.7. The van der Waals surface area contributed by atoms with Crippen molar-refractivity contribution in [3.05, 3.63) is 71.4 Å². The molecule has 2 saturated heterocycles. The molecular weight excluding hydrogens is 634 g/mol. The van der Waals surface area contributed by atoms with E-state index in [2.05, 4.69) is 53.7 Å². The summed E-state index contributed by atoms with van der Waals surface area (Å²) in [5.74, 6) is -0.134. The Kier molecular flexibility index (Phi) is 8.39. The number of amides is 3. The molecule has 258 valence electrons. The van der Waals surface area contributed by atoms with Gasteiger partial charge in [0.1, 0.15) is 5.69 Å². The Hall–Kier alpha value is -5.37. The molecule has 14 nitrogen and oxygen atoms in total. The first-order valence-electron chi connectivity index (χ1n) is 17.4. The molecule has 3 amide bonds. The summed E-state index contributed by atoms with van der Waals surface area (Å²) < 4.78 is 2.18. The number of para-hydroxylation sites is 1. The Balaban J connectivity index is 1.01. The number of hydrogen-bond donors (Lipinski definition) is 3. The molecule has 0 spiro atoms. The molecule has 0 bridgehead atoms. The van der Waals surface area contributed by atoms with Gasteiger partial charge in [0.25, 0.3) is 11.8 Å². The first-order chi connectivity index (χ1) is 24.4. The molecule has 3 aliphatic heterocycles. The van der Waals surface area contributed by atoms with Crippen LogP contribution in [0.1, 0.15) is 70.5 Å². The van der Waals surface area contributed by atoms with Gasteiger partial charge in [-0.1, -0.05) is 18.2 Å². The van der Waals surface area contributed by atoms with Crippen molar-refractivity contribution in [2.24, 2.45) is 5.92 Å². The predicted octanol–water partition coefficient (Wildman–Crippen LogP) is 3.82. The van der Waals surface area contributed by atoms with Crippen LogP contribution in [0, 0.1) is 5.92 Å². The van der Waals surface area contributed by atoms with E-state index in [0.717, 1.165) is 92.2 Å². The van der Waals surface area contributed by atoms with E-state index in [-0.39, 0.29) is 35.4 Å². The summed E-state index contributed by atoms with van der Waals surface area (Å²) in [6.07, 6.45) is 6.78. The van der Waals surface area contributed by atoms with E-state index in [9.17, 15) is 14.4 Å². The number of likely N-dealkylation sites (tertiary alicyclic amines) is 2. The van der Waals surface area contributed by atoms with Gasteiger partial charge < -0.3 is 25.8 Å². The van der Waals surface area contributed by atoms with Crippen molar-refractivity contribution in [1.82, 2.24) is 40.1 Å². The highest BCUT2D eigenvalue weighted by Crippen LogP contribution is 2.45. The summed E-state index contributed by atoms with van der Waals surface area (Å²) in [6.45, 7) is 4.73. The third-order valence-corrected chi connectivity index (χ3v) is 10.1. The minimum atomic E-state index is -0.383. The van der Waals surface area contributed by atoms with Crippen molar-refractivity contribution in [2.75, 3.05) is 55.8 Å². The summed E-state index contributed by atoms with van der Waals surface area (Å²) in [7, 11) is 3.60. The van der Waals surface area contributed by atoms with Gasteiger partial charge in [-0.2, -0.15) is 5.10 Å². The van der Waals surface area contributed by atoms with Gasteiger partial charge in [-0.15, -0.1) is 10.2 Å². The van der Waals surface area contributed by atoms with Crippen LogP contribution in [0.2, 0.25) is 0 Å². The number of fused-ring (bicyclic) bond motifs is 3. The quantitative estimate of drug-likeness (QED) is 0.239. The van der Waals surface area contributed by atoms with Crippen LogP contribution in [0.3, 0.4) is 0 Å². The van der Waals surface area contributed by atoms with Crippen LogP contribution in [0.5, 0.6) is 0 Å². The lowest BCUT2D eigenvalue weighted by Crippen LogP contribution is -2.29. The Morgan fingerprint density at radius 3 is 2.56 bits per heavy atom. The van der Waals surface area contributed by atoms with Gasteiger partial charge in [0.05, 0.1) is 47.2 Å². The van der Waals surface area contributed by atoms with Crippen molar-refractivity contribution in [2.45, 2.75) is 51.2 Å². The molecular formula is C36H41N11O3. The van der Waals surface area contributed by atoms with E-state index in [1.165, 1.54) is 0 Å². The average Bonchev–Trinajstić information content (AvgIpc) is 3.44. The minimum absolute atomic E-state index is 0.00884. The van der Waals surface area contributed by atoms with E-state index in [0.29, 0.717) is 30.3 Å². The number of pyridine rings is 1. The van der Waals surface area contributed by atoms with Crippen molar-refractivity contribution in [1.29, 1.82) is 0 Å². The second-order valence-corrected chi connectivity index (χ2v) is 13.7. The van der Waals surface area contributed by atoms with Crippen LogP contribution < -0.4 is 20.9 Å². The molecule has 3 fully saturated rings. The number of carbonyl (C=O) groups is 3. The molecule has 1 unspecified atom stereocenters. The third-order valence-electron chi connectivity index (χ3n) is 10.1. The van der Waals surface area contributed by atoms with Crippen LogP contribution >= 0.6 is 0 Å². The van der Waals surface area contributed by atoms with Crippen LogP contribution in [0.4, 0.5) is 22.9 Å². The molecule has 1 aromatic carbocycles. The van der Waals surface area contributed by atoms with Gasteiger partial charge >= 0.3 is 0 Å². The fourth-order valence-electron chi connectivity index (χ4n) is 7.37. The number of benzene rings is 1. The molecule has 1 atom stereocenters. The molecule has 14 heteroatoms. The Labute approximate surface area is 290 Å². The molecule has 6 heterocycles. The third kappa shape index (κ3) is 6.15. The lowest BCUT2D eigenvalue weighted by atomic mass is 9.97. The number of aromatic nitrogens is 5. The standard InChI is InChI=1S/C36H41N11O3/c1-37-35(49)32-29(17-31(42-43-32)41-34(48)22-11-12-22)40-27-9-6-8-25-26-18-38-47(30(26)21-44(2)33(25)27)24-13-16-45(20-24)19-23-7-5-10-28(39-23)36(50)46-14-3-4-15-46/h5-10,17-18,22,24H,3-4,11-16,19-21H2,1-2H3,(H,37,49)(H2,40,41,42,48). The van der Waals surface area contributed by atoms with Crippen LogP contribution in [0.15, 0.2) is 48.7 Å². The van der Waals surface area contributed by atoms with Crippen LogP contribution in [0.25, 0.3) is 11.1 Å². The lowest BCUT2D eigenvalue weighted by molar-refractivity contribution is -0.117. The monoisotopic (exact) mass is 675 g/mol. The van der Waals surface area contributed by atoms with E-state index in [1.807, 2.05) is 41.4 Å². The molecule has 4 aromatic rings. The zero-order chi connectivity index (χ0) is 34.4. The van der Waals surface area contributed by atoms with E-state index in [1.54, 1.807) is 13.1 Å². The largest absolute Gasteiger partial charge is 0.366 e. The summed E-state index contributed by atoms with van der Waals surface area (Å²) >= 11 is 0. The van der Waals surface area contributed by atoms with Gasteiger partial charge in [0.2, 0.25) is 5.91 Å². The Bertz CT molecular complexity index is 1970. The second kappa shape index (κ2) is 13.2. The fourth-order valence-corrected chi connectivity index (χ4v) is 7.37. The maximum absolute atomic E-state index is 12.9. The van der Waals surface area contributed by atoms with Gasteiger partial charge in [-0.05, 0) is 50.3 Å². The van der Waals surface area contributed by atoms with E-state index in [4.69, 9.17) is 10.1 Å². The predicted molar refractivity (Wildman–Crippen MR) is 188 cm³/mol. The van der Waals surface area contributed by atoms with E-state index >= 15 is 0 Å². The molecule has 8 rings (SSSR count). The van der Waals surface area contributed by atoms with Crippen LogP contribution in [-0.4, -0.2) is 92.8 Å². The number of carbonyl (C=O) groups excluding carboxylic acids is 3.